The molecule has 0 aliphatic rings. The van der Waals surface area contributed by atoms with Crippen LogP contribution in [0.5, 0.6) is 0 Å². The van der Waals surface area contributed by atoms with E-state index in [0.717, 1.165) is 6.07 Å². The van der Waals surface area contributed by atoms with Gasteiger partial charge in [0.2, 0.25) is 0 Å². The van der Waals surface area contributed by atoms with Crippen LogP contribution in [0.4, 0.5) is 29.3 Å². The first-order valence-electron chi connectivity index (χ1n) is 4.50. The van der Waals surface area contributed by atoms with Crippen molar-refractivity contribution in [3.05, 3.63) is 42.0 Å². The molecule has 1 heterocycles. The number of hydrogen-bond acceptors (Lipinski definition) is 3. The molecule has 1 aromatic heterocycles. The lowest BCUT2D eigenvalue weighted by atomic mass is 10.2. The van der Waals surface area contributed by atoms with Gasteiger partial charge in [-0.15, -0.1) is 0 Å². The van der Waals surface area contributed by atoms with Gasteiger partial charge < -0.3 is 9.73 Å². The van der Waals surface area contributed by atoms with Crippen molar-refractivity contribution in [1.82, 2.24) is 4.98 Å². The molecule has 0 amide bonds. The summed E-state index contributed by atoms with van der Waals surface area (Å²) in [6.45, 7) is 0. The van der Waals surface area contributed by atoms with E-state index in [1.165, 1.54) is 12.5 Å². The fourth-order valence-electron chi connectivity index (χ4n) is 1.20. The maximum atomic E-state index is 13.3. The molecule has 0 bridgehead atoms. The van der Waals surface area contributed by atoms with E-state index in [9.17, 15) is 17.6 Å². The second-order valence-electron chi connectivity index (χ2n) is 3.15. The van der Waals surface area contributed by atoms with Crippen LogP contribution in [0.3, 0.4) is 0 Å². The van der Waals surface area contributed by atoms with E-state index in [1.807, 2.05) is 0 Å². The average Bonchev–Trinajstić information content (AvgIpc) is 2.72. The third kappa shape index (κ3) is 2.55. The number of rotatable bonds is 2. The SMILES string of the molecule is Fc1ccc(C(F)(F)F)cc1Nc1ncco1. The molecule has 0 unspecified atom stereocenters. The molecule has 0 fully saturated rings. The Bertz CT molecular complexity index is 508. The van der Waals surface area contributed by atoms with E-state index in [1.54, 1.807) is 0 Å². The quantitative estimate of drug-likeness (QED) is 0.823. The van der Waals surface area contributed by atoms with Crippen LogP contribution in [0.1, 0.15) is 5.56 Å². The normalized spacial score (nSPS) is 11.5. The zero-order valence-electron chi connectivity index (χ0n) is 8.25. The number of anilines is 2. The van der Waals surface area contributed by atoms with Crippen molar-refractivity contribution in [2.45, 2.75) is 6.18 Å². The average molecular weight is 246 g/mol. The zero-order chi connectivity index (χ0) is 12.5. The molecule has 2 aromatic rings. The van der Waals surface area contributed by atoms with Gasteiger partial charge in [0.1, 0.15) is 12.1 Å². The van der Waals surface area contributed by atoms with Gasteiger partial charge in [0.15, 0.2) is 0 Å². The van der Waals surface area contributed by atoms with Crippen molar-refractivity contribution < 1.29 is 22.0 Å². The van der Waals surface area contributed by atoms with Gasteiger partial charge in [0, 0.05) is 0 Å². The minimum Gasteiger partial charge on any atom is -0.432 e. The number of halogens is 4. The number of hydrogen-bond donors (Lipinski definition) is 1. The summed E-state index contributed by atoms with van der Waals surface area (Å²) in [5.74, 6) is -0.823. The summed E-state index contributed by atoms with van der Waals surface area (Å²) < 4.78 is 55.2. The van der Waals surface area contributed by atoms with Gasteiger partial charge in [-0.05, 0) is 18.2 Å². The molecule has 2 rings (SSSR count). The molecular weight excluding hydrogens is 240 g/mol. The Hall–Kier alpha value is -2.05. The van der Waals surface area contributed by atoms with Crippen molar-refractivity contribution in [3.63, 3.8) is 0 Å². The van der Waals surface area contributed by atoms with Gasteiger partial charge in [-0.25, -0.2) is 9.37 Å². The van der Waals surface area contributed by atoms with Crippen LogP contribution >= 0.6 is 0 Å². The van der Waals surface area contributed by atoms with E-state index in [-0.39, 0.29) is 11.7 Å². The first-order chi connectivity index (χ1) is 7.97. The number of nitrogens with one attached hydrogen (secondary N) is 1. The lowest BCUT2D eigenvalue weighted by molar-refractivity contribution is -0.137. The minimum absolute atomic E-state index is 0.0803. The van der Waals surface area contributed by atoms with Crippen molar-refractivity contribution in [3.8, 4) is 0 Å². The second kappa shape index (κ2) is 4.08. The Morgan fingerprint density at radius 1 is 1.24 bits per heavy atom. The Morgan fingerprint density at radius 3 is 2.59 bits per heavy atom. The van der Waals surface area contributed by atoms with Crippen LogP contribution in [0.25, 0.3) is 0 Å². The van der Waals surface area contributed by atoms with E-state index >= 15 is 0 Å². The van der Waals surface area contributed by atoms with Crippen LogP contribution in [-0.4, -0.2) is 4.98 Å². The smallest absolute Gasteiger partial charge is 0.416 e. The van der Waals surface area contributed by atoms with Gasteiger partial charge in [-0.2, -0.15) is 13.2 Å². The van der Waals surface area contributed by atoms with Crippen LogP contribution in [0.15, 0.2) is 35.1 Å². The monoisotopic (exact) mass is 246 g/mol. The van der Waals surface area contributed by atoms with Gasteiger partial charge in [0.25, 0.3) is 6.01 Å². The summed E-state index contributed by atoms with van der Waals surface area (Å²) in [6.07, 6.45) is -2.03. The standard InChI is InChI=1S/C10H6F4N2O/c11-7-2-1-6(10(12,13)14)5-8(7)16-9-15-3-4-17-9/h1-5H,(H,15,16). The first-order valence-corrected chi connectivity index (χ1v) is 4.50. The van der Waals surface area contributed by atoms with Gasteiger partial charge in [-0.3, -0.25) is 0 Å². The van der Waals surface area contributed by atoms with Crippen molar-refractivity contribution >= 4 is 11.7 Å². The Morgan fingerprint density at radius 2 is 2.00 bits per heavy atom. The number of alkyl halides is 3. The van der Waals surface area contributed by atoms with Crippen LogP contribution in [-0.2, 0) is 6.18 Å². The van der Waals surface area contributed by atoms with E-state index in [0.29, 0.717) is 12.1 Å². The van der Waals surface area contributed by atoms with Gasteiger partial charge in [0.05, 0.1) is 17.4 Å². The summed E-state index contributed by atoms with van der Waals surface area (Å²) in [5, 5.41) is 2.31. The predicted molar refractivity (Wildman–Crippen MR) is 51.2 cm³/mol. The maximum absolute atomic E-state index is 13.3. The highest BCUT2D eigenvalue weighted by atomic mass is 19.4. The van der Waals surface area contributed by atoms with Crippen LogP contribution < -0.4 is 5.32 Å². The fourth-order valence-corrected chi connectivity index (χ4v) is 1.20. The maximum Gasteiger partial charge on any atom is 0.416 e. The number of benzene rings is 1. The van der Waals surface area contributed by atoms with Crippen LogP contribution in [0, 0.1) is 5.82 Å². The molecule has 0 spiro atoms. The predicted octanol–water partition coefficient (Wildman–Crippen LogP) is 3.58. The highest BCUT2D eigenvalue weighted by Gasteiger charge is 2.31. The molecule has 0 aliphatic heterocycles. The molecular formula is C10H6F4N2O. The largest absolute Gasteiger partial charge is 0.432 e. The lowest BCUT2D eigenvalue weighted by Gasteiger charge is -2.09. The molecule has 0 aliphatic carbocycles. The molecule has 7 heteroatoms. The highest BCUT2D eigenvalue weighted by molar-refractivity contribution is 5.54. The van der Waals surface area contributed by atoms with E-state index < -0.39 is 17.6 Å². The summed E-state index contributed by atoms with van der Waals surface area (Å²) in [4.78, 5) is 3.62. The number of oxazole rings is 1. The molecule has 3 nitrogen and oxygen atoms in total. The molecule has 0 atom stereocenters. The highest BCUT2D eigenvalue weighted by Crippen LogP contribution is 2.32. The number of nitrogens with zero attached hydrogens (tertiary/aromatic N) is 1. The second-order valence-corrected chi connectivity index (χ2v) is 3.15. The molecule has 0 radical (unpaired) electrons. The van der Waals surface area contributed by atoms with Crippen molar-refractivity contribution in [2.24, 2.45) is 0 Å². The lowest BCUT2D eigenvalue weighted by Crippen LogP contribution is -2.06. The Labute approximate surface area is 93.1 Å². The topological polar surface area (TPSA) is 38.1 Å². The Balaban J connectivity index is 2.33. The Kier molecular flexibility index (Phi) is 2.74. The summed E-state index contributed by atoms with van der Waals surface area (Å²) >= 11 is 0. The minimum atomic E-state index is -4.53. The molecule has 17 heavy (non-hydrogen) atoms. The van der Waals surface area contributed by atoms with Gasteiger partial charge in [-0.1, -0.05) is 0 Å². The summed E-state index contributed by atoms with van der Waals surface area (Å²) in [5.41, 5.74) is -1.30. The fraction of sp³-hybridized carbons (Fsp3) is 0.100. The zero-order valence-corrected chi connectivity index (χ0v) is 8.25. The van der Waals surface area contributed by atoms with Crippen LogP contribution in [0.2, 0.25) is 0 Å². The molecule has 1 aromatic carbocycles. The third-order valence-electron chi connectivity index (χ3n) is 1.97. The third-order valence-corrected chi connectivity index (χ3v) is 1.97. The summed E-state index contributed by atoms with van der Waals surface area (Å²) in [6, 6.07) is 1.96. The van der Waals surface area contributed by atoms with E-state index in [4.69, 9.17) is 4.42 Å². The first kappa shape index (κ1) is 11.4. The molecule has 0 saturated heterocycles. The molecule has 0 saturated carbocycles. The molecule has 90 valence electrons. The van der Waals surface area contributed by atoms with Crippen molar-refractivity contribution in [2.75, 3.05) is 5.32 Å². The number of aromatic nitrogens is 1. The molecule has 1 N–H and O–H groups in total. The van der Waals surface area contributed by atoms with E-state index in [2.05, 4.69) is 10.3 Å². The van der Waals surface area contributed by atoms with Gasteiger partial charge >= 0.3 is 6.18 Å². The van der Waals surface area contributed by atoms with Crippen molar-refractivity contribution in [1.29, 1.82) is 0 Å². The summed E-state index contributed by atoms with van der Waals surface area (Å²) in [7, 11) is 0.